The van der Waals surface area contributed by atoms with Crippen molar-refractivity contribution in [3.05, 3.63) is 29.5 Å². The van der Waals surface area contributed by atoms with Gasteiger partial charge in [0.05, 0.1) is 12.6 Å². The van der Waals surface area contributed by atoms with Crippen LogP contribution in [0.3, 0.4) is 0 Å². The molecule has 0 amide bonds. The van der Waals surface area contributed by atoms with Crippen LogP contribution in [0.15, 0.2) is 18.2 Å². The molecule has 0 bridgehead atoms. The number of nitrogens with one attached hydrogen (secondary N) is 1. The van der Waals surface area contributed by atoms with Gasteiger partial charge in [0.2, 0.25) is 0 Å². The zero-order valence-corrected chi connectivity index (χ0v) is 12.0. The van der Waals surface area contributed by atoms with E-state index in [-0.39, 0.29) is 0 Å². The van der Waals surface area contributed by atoms with E-state index in [9.17, 15) is 0 Å². The van der Waals surface area contributed by atoms with Crippen LogP contribution >= 0.6 is 0 Å². The molecule has 0 fully saturated rings. The Morgan fingerprint density at radius 1 is 1.42 bits per heavy atom. The summed E-state index contributed by atoms with van der Waals surface area (Å²) in [4.78, 5) is 0. The maximum atomic E-state index is 5.36. The molecule has 1 heterocycles. The summed E-state index contributed by atoms with van der Waals surface area (Å²) in [5.74, 6) is 1.58. The number of hydrogen-bond acceptors (Lipinski definition) is 2. The summed E-state index contributed by atoms with van der Waals surface area (Å²) in [6, 6.07) is 6.45. The van der Waals surface area contributed by atoms with Crippen molar-refractivity contribution in [2.45, 2.75) is 25.2 Å². The minimum absolute atomic E-state index is 0.636. The van der Waals surface area contributed by atoms with Gasteiger partial charge in [-0.15, -0.1) is 0 Å². The molecule has 3 nitrogen and oxygen atoms in total. The second kappa shape index (κ2) is 4.89. The van der Waals surface area contributed by atoms with Crippen LogP contribution in [-0.4, -0.2) is 25.3 Å². The van der Waals surface area contributed by atoms with Crippen LogP contribution in [0.5, 0.6) is 5.75 Å². The predicted octanol–water partition coefficient (Wildman–Crippen LogP) is 2.83. The average molecular weight is 258 g/mol. The number of benzene rings is 1. The third-order valence-corrected chi connectivity index (χ3v) is 4.38. The number of nitrogens with zero attached hydrogens (tertiary/aromatic N) is 1. The lowest BCUT2D eigenvalue weighted by Crippen LogP contribution is -2.22. The molecule has 1 N–H and O–H groups in total. The minimum atomic E-state index is 0.636. The van der Waals surface area contributed by atoms with E-state index in [2.05, 4.69) is 35.1 Å². The first-order chi connectivity index (χ1) is 9.26. The molecule has 0 saturated heterocycles. The topological polar surface area (TPSA) is 26.2 Å². The van der Waals surface area contributed by atoms with E-state index in [1.165, 1.54) is 35.9 Å². The van der Waals surface area contributed by atoms with Crippen LogP contribution in [-0.2, 0) is 13.5 Å². The quantitative estimate of drug-likeness (QED) is 0.916. The lowest BCUT2D eigenvalue weighted by atomic mass is 9.86. The number of aryl methyl sites for hydroxylation is 2. The zero-order valence-electron chi connectivity index (χ0n) is 12.0. The molecule has 3 heteroatoms. The van der Waals surface area contributed by atoms with Gasteiger partial charge in [-0.05, 0) is 44.0 Å². The Labute approximate surface area is 114 Å². The molecular formula is C16H22N2O. The number of fused-ring (bicyclic) bond motifs is 3. The Morgan fingerprint density at radius 3 is 3.00 bits per heavy atom. The molecule has 1 aromatic heterocycles. The van der Waals surface area contributed by atoms with E-state index >= 15 is 0 Å². The summed E-state index contributed by atoms with van der Waals surface area (Å²) in [5.41, 5.74) is 4.36. The number of hydrogen-bond donors (Lipinski definition) is 1. The molecular weight excluding hydrogens is 236 g/mol. The van der Waals surface area contributed by atoms with Gasteiger partial charge in [-0.25, -0.2) is 0 Å². The van der Waals surface area contributed by atoms with Gasteiger partial charge < -0.3 is 14.6 Å². The largest absolute Gasteiger partial charge is 0.497 e. The van der Waals surface area contributed by atoms with Crippen molar-refractivity contribution in [2.75, 3.05) is 20.7 Å². The van der Waals surface area contributed by atoms with Gasteiger partial charge in [-0.2, -0.15) is 0 Å². The number of methoxy groups -OCH3 is 1. The van der Waals surface area contributed by atoms with Gasteiger partial charge in [0.25, 0.3) is 0 Å². The van der Waals surface area contributed by atoms with Crippen molar-refractivity contribution < 1.29 is 4.74 Å². The Kier molecular flexibility index (Phi) is 3.23. The fourth-order valence-electron chi connectivity index (χ4n) is 3.53. The van der Waals surface area contributed by atoms with E-state index in [0.29, 0.717) is 5.92 Å². The lowest BCUT2D eigenvalue weighted by molar-refractivity contribution is 0.415. The molecule has 1 aromatic carbocycles. The molecule has 19 heavy (non-hydrogen) atoms. The van der Waals surface area contributed by atoms with E-state index < -0.39 is 0 Å². The fraction of sp³-hybridized carbons (Fsp3) is 0.500. The highest BCUT2D eigenvalue weighted by molar-refractivity contribution is 5.87. The SMILES string of the molecule is CNCC1CCCc2c1n(C)c1cc(OC)ccc21. The molecule has 2 aromatic rings. The van der Waals surface area contributed by atoms with Gasteiger partial charge in [0, 0.05) is 36.7 Å². The van der Waals surface area contributed by atoms with Crippen LogP contribution < -0.4 is 10.1 Å². The fourth-order valence-corrected chi connectivity index (χ4v) is 3.53. The first-order valence-electron chi connectivity index (χ1n) is 7.06. The average Bonchev–Trinajstić information content (AvgIpc) is 2.73. The normalized spacial score (nSPS) is 18.6. The van der Waals surface area contributed by atoms with E-state index in [1.807, 2.05) is 7.05 Å². The van der Waals surface area contributed by atoms with Crippen LogP contribution in [0.25, 0.3) is 10.9 Å². The van der Waals surface area contributed by atoms with Crippen molar-refractivity contribution in [2.24, 2.45) is 7.05 Å². The molecule has 1 atom stereocenters. The Bertz CT molecular complexity index is 600. The van der Waals surface area contributed by atoms with E-state index in [4.69, 9.17) is 4.74 Å². The molecule has 0 saturated carbocycles. The smallest absolute Gasteiger partial charge is 0.120 e. The Morgan fingerprint density at radius 2 is 2.26 bits per heavy atom. The van der Waals surface area contributed by atoms with Gasteiger partial charge >= 0.3 is 0 Å². The standard InChI is InChI=1S/C16H22N2O/c1-17-10-11-5-4-6-14-13-8-7-12(19-3)9-15(13)18(2)16(11)14/h7-9,11,17H,4-6,10H2,1-3H3. The molecule has 1 unspecified atom stereocenters. The second-order valence-corrected chi connectivity index (χ2v) is 5.45. The summed E-state index contributed by atoms with van der Waals surface area (Å²) in [5, 5.41) is 4.74. The minimum Gasteiger partial charge on any atom is -0.497 e. The first-order valence-corrected chi connectivity index (χ1v) is 7.06. The maximum Gasteiger partial charge on any atom is 0.120 e. The highest BCUT2D eigenvalue weighted by atomic mass is 16.5. The summed E-state index contributed by atoms with van der Waals surface area (Å²) >= 11 is 0. The van der Waals surface area contributed by atoms with Crippen LogP contribution in [0.2, 0.25) is 0 Å². The number of aromatic nitrogens is 1. The van der Waals surface area contributed by atoms with Crippen molar-refractivity contribution in [3.63, 3.8) is 0 Å². The molecule has 102 valence electrons. The van der Waals surface area contributed by atoms with Crippen molar-refractivity contribution in [1.82, 2.24) is 9.88 Å². The van der Waals surface area contributed by atoms with Crippen LogP contribution in [0.4, 0.5) is 0 Å². The second-order valence-electron chi connectivity index (χ2n) is 5.45. The van der Waals surface area contributed by atoms with Crippen molar-refractivity contribution in [3.8, 4) is 5.75 Å². The van der Waals surface area contributed by atoms with Crippen molar-refractivity contribution in [1.29, 1.82) is 0 Å². The van der Waals surface area contributed by atoms with E-state index in [1.54, 1.807) is 12.7 Å². The highest BCUT2D eigenvalue weighted by Gasteiger charge is 2.26. The monoisotopic (exact) mass is 258 g/mol. The third-order valence-electron chi connectivity index (χ3n) is 4.38. The van der Waals surface area contributed by atoms with Crippen LogP contribution in [0, 0.1) is 0 Å². The van der Waals surface area contributed by atoms with Gasteiger partial charge in [0.1, 0.15) is 5.75 Å². The predicted molar refractivity (Wildman–Crippen MR) is 79.1 cm³/mol. The van der Waals surface area contributed by atoms with Gasteiger partial charge in [0.15, 0.2) is 0 Å². The number of rotatable bonds is 3. The molecule has 0 radical (unpaired) electrons. The molecule has 1 aliphatic rings. The molecule has 0 aliphatic heterocycles. The molecule has 3 rings (SSSR count). The third kappa shape index (κ3) is 1.93. The van der Waals surface area contributed by atoms with Gasteiger partial charge in [-0.1, -0.05) is 0 Å². The molecule has 1 aliphatic carbocycles. The van der Waals surface area contributed by atoms with Crippen molar-refractivity contribution >= 4 is 10.9 Å². The molecule has 0 spiro atoms. The lowest BCUT2D eigenvalue weighted by Gasteiger charge is -2.24. The zero-order chi connectivity index (χ0) is 13.4. The summed E-state index contributed by atoms with van der Waals surface area (Å²) in [6.45, 7) is 1.06. The number of likely N-dealkylation sites (N-methyl/N-ethyl adjacent to an activating group) is 1. The summed E-state index contributed by atoms with van der Waals surface area (Å²) in [6.07, 6.45) is 3.79. The Balaban J connectivity index is 2.20. The van der Waals surface area contributed by atoms with Gasteiger partial charge in [-0.3, -0.25) is 0 Å². The van der Waals surface area contributed by atoms with E-state index in [0.717, 1.165) is 12.3 Å². The highest BCUT2D eigenvalue weighted by Crippen LogP contribution is 2.38. The summed E-state index contributed by atoms with van der Waals surface area (Å²) in [7, 11) is 5.96. The number of ether oxygens (including phenoxy) is 1. The summed E-state index contributed by atoms with van der Waals surface area (Å²) < 4.78 is 7.73. The Hall–Kier alpha value is -1.48. The first kappa shape index (κ1) is 12.5. The maximum absolute atomic E-state index is 5.36. The van der Waals surface area contributed by atoms with Crippen LogP contribution in [0.1, 0.15) is 30.0 Å².